The molecule has 4 aromatic rings. The standard InChI is InChI=1S/C21H21ClN6O2/c1-21(2,3)29-10-17-24-20(26-30-17)19-16-7-12-9-27(4)25-18(12)14-8-13(22)5-6-15(14)28(16)11-23-19/h5-6,8-9,11H,7,10H2,1-4H3. The van der Waals surface area contributed by atoms with Crippen LogP contribution in [0.3, 0.4) is 0 Å². The largest absolute Gasteiger partial charge is 0.366 e. The van der Waals surface area contributed by atoms with E-state index in [0.29, 0.717) is 28.9 Å². The van der Waals surface area contributed by atoms with Crippen LogP contribution in [0.2, 0.25) is 5.02 Å². The van der Waals surface area contributed by atoms with E-state index in [1.165, 1.54) is 0 Å². The summed E-state index contributed by atoms with van der Waals surface area (Å²) in [7, 11) is 1.91. The number of nitrogens with zero attached hydrogens (tertiary/aromatic N) is 6. The second kappa shape index (κ2) is 6.78. The predicted molar refractivity (Wildman–Crippen MR) is 111 cm³/mol. The van der Waals surface area contributed by atoms with Crippen molar-refractivity contribution in [1.29, 1.82) is 0 Å². The van der Waals surface area contributed by atoms with E-state index in [-0.39, 0.29) is 12.2 Å². The Balaban J connectivity index is 1.60. The Morgan fingerprint density at radius 2 is 2.07 bits per heavy atom. The molecule has 0 unspecified atom stereocenters. The van der Waals surface area contributed by atoms with Crippen molar-refractivity contribution in [1.82, 2.24) is 29.5 Å². The molecule has 1 aromatic carbocycles. The molecule has 0 N–H and O–H groups in total. The summed E-state index contributed by atoms with van der Waals surface area (Å²) in [5.41, 5.74) is 5.28. The van der Waals surface area contributed by atoms with Gasteiger partial charge in [-0.2, -0.15) is 10.1 Å². The molecule has 1 aliphatic heterocycles. The first-order chi connectivity index (χ1) is 14.3. The predicted octanol–water partition coefficient (Wildman–Crippen LogP) is 4.20. The van der Waals surface area contributed by atoms with Crippen molar-refractivity contribution in [2.45, 2.75) is 39.4 Å². The normalized spacial score (nSPS) is 13.0. The lowest BCUT2D eigenvalue weighted by molar-refractivity contribution is -0.0260. The highest BCUT2D eigenvalue weighted by Crippen LogP contribution is 2.38. The zero-order valence-electron chi connectivity index (χ0n) is 17.2. The fourth-order valence-corrected chi connectivity index (χ4v) is 3.78. The highest BCUT2D eigenvalue weighted by atomic mass is 35.5. The molecular formula is C21H21ClN6O2. The molecule has 30 heavy (non-hydrogen) atoms. The van der Waals surface area contributed by atoms with E-state index < -0.39 is 0 Å². The molecule has 1 aliphatic rings. The molecular weight excluding hydrogens is 404 g/mol. The number of hydrogen-bond acceptors (Lipinski definition) is 6. The highest BCUT2D eigenvalue weighted by Gasteiger charge is 2.27. The van der Waals surface area contributed by atoms with Gasteiger partial charge in [-0.1, -0.05) is 16.8 Å². The van der Waals surface area contributed by atoms with Crippen molar-refractivity contribution in [2.24, 2.45) is 7.05 Å². The van der Waals surface area contributed by atoms with Crippen LogP contribution in [0.5, 0.6) is 0 Å². The molecule has 0 radical (unpaired) electrons. The average molecular weight is 425 g/mol. The summed E-state index contributed by atoms with van der Waals surface area (Å²) < 4.78 is 15.0. The Labute approximate surface area is 178 Å². The minimum Gasteiger partial charge on any atom is -0.366 e. The molecule has 5 rings (SSSR count). The van der Waals surface area contributed by atoms with Gasteiger partial charge in [-0.25, -0.2) is 4.98 Å². The summed E-state index contributed by atoms with van der Waals surface area (Å²) in [6.45, 7) is 6.19. The molecule has 4 heterocycles. The maximum Gasteiger partial charge on any atom is 0.253 e. The van der Waals surface area contributed by atoms with E-state index >= 15 is 0 Å². The summed E-state index contributed by atoms with van der Waals surface area (Å²) in [6, 6.07) is 5.79. The van der Waals surface area contributed by atoms with Crippen molar-refractivity contribution in [3.05, 3.63) is 52.9 Å². The number of hydrogen-bond donors (Lipinski definition) is 0. The summed E-state index contributed by atoms with van der Waals surface area (Å²) in [5, 5.41) is 9.48. The van der Waals surface area contributed by atoms with Crippen LogP contribution in [0.15, 0.2) is 35.2 Å². The Hall–Kier alpha value is -2.97. The smallest absolute Gasteiger partial charge is 0.253 e. The molecule has 0 bridgehead atoms. The Kier molecular flexibility index (Phi) is 4.30. The van der Waals surface area contributed by atoms with E-state index in [4.69, 9.17) is 20.9 Å². The van der Waals surface area contributed by atoms with Crippen LogP contribution < -0.4 is 0 Å². The van der Waals surface area contributed by atoms with E-state index in [1.807, 2.05) is 61.5 Å². The van der Waals surface area contributed by atoms with Gasteiger partial charge in [-0.3, -0.25) is 4.68 Å². The molecule has 0 spiro atoms. The van der Waals surface area contributed by atoms with Gasteiger partial charge in [-0.05, 0) is 39.0 Å². The Morgan fingerprint density at radius 3 is 2.87 bits per heavy atom. The lowest BCUT2D eigenvalue weighted by Crippen LogP contribution is -2.18. The van der Waals surface area contributed by atoms with Crippen LogP contribution in [0.1, 0.15) is 37.9 Å². The van der Waals surface area contributed by atoms with Crippen LogP contribution in [0, 0.1) is 0 Å². The van der Waals surface area contributed by atoms with Crippen LogP contribution >= 0.6 is 11.6 Å². The van der Waals surface area contributed by atoms with Crippen LogP contribution in [-0.2, 0) is 24.8 Å². The first-order valence-corrected chi connectivity index (χ1v) is 10.0. The molecule has 8 nitrogen and oxygen atoms in total. The van der Waals surface area contributed by atoms with Crippen molar-refractivity contribution in [3.63, 3.8) is 0 Å². The van der Waals surface area contributed by atoms with E-state index in [1.54, 1.807) is 6.33 Å². The molecule has 0 fully saturated rings. The minimum atomic E-state index is -0.290. The third-order valence-corrected chi connectivity index (χ3v) is 5.15. The fourth-order valence-electron chi connectivity index (χ4n) is 3.61. The number of aryl methyl sites for hydroxylation is 1. The zero-order chi connectivity index (χ0) is 21.0. The average Bonchev–Trinajstić information content (AvgIpc) is 3.37. The van der Waals surface area contributed by atoms with Gasteiger partial charge in [0, 0.05) is 35.8 Å². The quantitative estimate of drug-likeness (QED) is 0.431. The van der Waals surface area contributed by atoms with E-state index in [0.717, 1.165) is 28.2 Å². The van der Waals surface area contributed by atoms with Gasteiger partial charge < -0.3 is 13.8 Å². The topological polar surface area (TPSA) is 83.8 Å². The SMILES string of the molecule is Cn1cc2c(n1)-c1cc(Cl)ccc1-n1cnc(-c3noc(COC(C)(C)C)n3)c1C2. The maximum atomic E-state index is 6.29. The van der Waals surface area contributed by atoms with Gasteiger partial charge in [0.25, 0.3) is 5.89 Å². The second-order valence-corrected chi connectivity index (χ2v) is 8.77. The molecule has 0 amide bonds. The number of ether oxygens (including phenoxy) is 1. The first-order valence-electron chi connectivity index (χ1n) is 9.64. The third-order valence-electron chi connectivity index (χ3n) is 4.91. The molecule has 154 valence electrons. The molecule has 3 aromatic heterocycles. The van der Waals surface area contributed by atoms with Crippen molar-refractivity contribution in [2.75, 3.05) is 0 Å². The van der Waals surface area contributed by atoms with Gasteiger partial charge in [0.2, 0.25) is 5.82 Å². The monoisotopic (exact) mass is 424 g/mol. The second-order valence-electron chi connectivity index (χ2n) is 8.34. The lowest BCUT2D eigenvalue weighted by atomic mass is 10.0. The number of rotatable bonds is 3. The van der Waals surface area contributed by atoms with Gasteiger partial charge in [0.1, 0.15) is 18.6 Å². The zero-order valence-corrected chi connectivity index (χ0v) is 17.9. The van der Waals surface area contributed by atoms with Gasteiger partial charge >= 0.3 is 0 Å². The highest BCUT2D eigenvalue weighted by molar-refractivity contribution is 6.31. The maximum absolute atomic E-state index is 6.29. The van der Waals surface area contributed by atoms with Crippen LogP contribution in [0.4, 0.5) is 0 Å². The third kappa shape index (κ3) is 3.32. The number of fused-ring (bicyclic) bond motifs is 5. The molecule has 0 saturated heterocycles. The number of aromatic nitrogens is 6. The van der Waals surface area contributed by atoms with E-state index in [9.17, 15) is 0 Å². The first kappa shape index (κ1) is 19.0. The van der Waals surface area contributed by atoms with Crippen molar-refractivity contribution >= 4 is 11.6 Å². The molecule has 0 saturated carbocycles. The number of benzene rings is 1. The van der Waals surface area contributed by atoms with Crippen molar-refractivity contribution in [3.8, 4) is 28.5 Å². The molecule has 0 aliphatic carbocycles. The van der Waals surface area contributed by atoms with E-state index in [2.05, 4.69) is 20.2 Å². The lowest BCUT2D eigenvalue weighted by Gasteiger charge is -2.17. The number of halogens is 1. The fraction of sp³-hybridized carbons (Fsp3) is 0.333. The Bertz CT molecular complexity index is 1250. The van der Waals surface area contributed by atoms with Gasteiger partial charge in [0.15, 0.2) is 0 Å². The summed E-state index contributed by atoms with van der Waals surface area (Å²) in [6.07, 6.45) is 4.43. The molecule has 0 atom stereocenters. The van der Waals surface area contributed by atoms with Gasteiger partial charge in [-0.15, -0.1) is 0 Å². The molecule has 9 heteroatoms. The van der Waals surface area contributed by atoms with Crippen LogP contribution in [0.25, 0.3) is 28.5 Å². The number of imidazole rings is 1. The van der Waals surface area contributed by atoms with Crippen LogP contribution in [-0.4, -0.2) is 35.1 Å². The summed E-state index contributed by atoms with van der Waals surface area (Å²) in [4.78, 5) is 9.12. The van der Waals surface area contributed by atoms with Gasteiger partial charge in [0.05, 0.1) is 22.7 Å². The Morgan fingerprint density at radius 1 is 1.23 bits per heavy atom. The summed E-state index contributed by atoms with van der Waals surface area (Å²) >= 11 is 6.29. The van der Waals surface area contributed by atoms with Crippen molar-refractivity contribution < 1.29 is 9.26 Å². The summed E-state index contributed by atoms with van der Waals surface area (Å²) in [5.74, 6) is 0.864. The minimum absolute atomic E-state index is 0.251.